The van der Waals surface area contributed by atoms with Crippen LogP contribution in [0.2, 0.25) is 0 Å². The summed E-state index contributed by atoms with van der Waals surface area (Å²) in [6, 6.07) is 17.3. The molecule has 1 N–H and O–H groups in total. The number of aliphatic hydroxyl groups is 1. The van der Waals surface area contributed by atoms with Crippen molar-refractivity contribution in [3.05, 3.63) is 65.7 Å². The first-order valence-electron chi connectivity index (χ1n) is 6.32. The second-order valence-electron chi connectivity index (χ2n) is 4.67. The average molecular weight is 256 g/mol. The first-order chi connectivity index (χ1) is 9.26. The van der Waals surface area contributed by atoms with Crippen molar-refractivity contribution in [3.8, 4) is 5.75 Å². The summed E-state index contributed by atoms with van der Waals surface area (Å²) < 4.78 is 11.6. The minimum atomic E-state index is -1.13. The number of benzene rings is 2. The molecule has 1 aliphatic heterocycles. The van der Waals surface area contributed by atoms with Crippen molar-refractivity contribution in [3.63, 3.8) is 0 Å². The number of para-hydroxylation sites is 1. The number of ether oxygens (including phenoxy) is 2. The third kappa shape index (κ3) is 1.91. The lowest BCUT2D eigenvalue weighted by Gasteiger charge is -2.41. The molecule has 0 aromatic heterocycles. The molecule has 3 nitrogen and oxygen atoms in total. The quantitative estimate of drug-likeness (QED) is 0.897. The van der Waals surface area contributed by atoms with Crippen molar-refractivity contribution >= 4 is 0 Å². The zero-order valence-electron chi connectivity index (χ0n) is 10.7. The molecule has 0 amide bonds. The molecule has 2 unspecified atom stereocenters. The van der Waals surface area contributed by atoms with Gasteiger partial charge in [-0.05, 0) is 11.6 Å². The highest BCUT2D eigenvalue weighted by Gasteiger charge is 2.46. The van der Waals surface area contributed by atoms with E-state index in [0.717, 1.165) is 16.9 Å². The number of hydrogen-bond acceptors (Lipinski definition) is 3. The van der Waals surface area contributed by atoms with Crippen molar-refractivity contribution in [2.24, 2.45) is 0 Å². The Labute approximate surface area is 112 Å². The molecule has 19 heavy (non-hydrogen) atoms. The molecular formula is C16H16O3. The van der Waals surface area contributed by atoms with Gasteiger partial charge in [0.1, 0.15) is 11.9 Å². The SMILES string of the molecule is COC1(c2ccccc2)Oc2ccccc2CC1O. The van der Waals surface area contributed by atoms with Gasteiger partial charge in [0.05, 0.1) is 0 Å². The van der Waals surface area contributed by atoms with Gasteiger partial charge < -0.3 is 14.6 Å². The lowest BCUT2D eigenvalue weighted by Crippen LogP contribution is -2.50. The first kappa shape index (κ1) is 12.2. The topological polar surface area (TPSA) is 38.7 Å². The van der Waals surface area contributed by atoms with E-state index in [9.17, 15) is 5.11 Å². The van der Waals surface area contributed by atoms with E-state index in [1.807, 2.05) is 54.6 Å². The summed E-state index contributed by atoms with van der Waals surface area (Å²) in [5.41, 5.74) is 1.82. The second kappa shape index (κ2) is 4.68. The number of rotatable bonds is 2. The van der Waals surface area contributed by atoms with Gasteiger partial charge in [-0.25, -0.2) is 0 Å². The van der Waals surface area contributed by atoms with E-state index in [4.69, 9.17) is 9.47 Å². The fourth-order valence-corrected chi connectivity index (χ4v) is 2.56. The Hall–Kier alpha value is -1.84. The summed E-state index contributed by atoms with van der Waals surface area (Å²) in [7, 11) is 1.56. The third-order valence-electron chi connectivity index (χ3n) is 3.57. The van der Waals surface area contributed by atoms with Crippen LogP contribution in [0.4, 0.5) is 0 Å². The highest BCUT2D eigenvalue weighted by Crippen LogP contribution is 2.40. The van der Waals surface area contributed by atoms with Crippen LogP contribution >= 0.6 is 0 Å². The Morgan fingerprint density at radius 1 is 1.11 bits per heavy atom. The molecule has 0 bridgehead atoms. The Morgan fingerprint density at radius 2 is 1.79 bits per heavy atom. The monoisotopic (exact) mass is 256 g/mol. The highest BCUT2D eigenvalue weighted by atomic mass is 16.7. The zero-order chi connectivity index (χ0) is 13.3. The van der Waals surface area contributed by atoms with Gasteiger partial charge in [0.15, 0.2) is 0 Å². The molecule has 1 aliphatic rings. The molecule has 1 heterocycles. The normalized spacial score (nSPS) is 25.5. The van der Waals surface area contributed by atoms with E-state index in [-0.39, 0.29) is 0 Å². The number of methoxy groups -OCH3 is 1. The predicted molar refractivity (Wildman–Crippen MR) is 71.9 cm³/mol. The van der Waals surface area contributed by atoms with Crippen molar-refractivity contribution in [2.45, 2.75) is 18.3 Å². The average Bonchev–Trinajstić information content (AvgIpc) is 2.47. The molecule has 3 heteroatoms. The van der Waals surface area contributed by atoms with Crippen molar-refractivity contribution < 1.29 is 14.6 Å². The zero-order valence-corrected chi connectivity index (χ0v) is 10.7. The molecule has 0 fully saturated rings. The maximum atomic E-state index is 10.5. The molecule has 2 aromatic rings. The van der Waals surface area contributed by atoms with Crippen LogP contribution in [-0.2, 0) is 16.9 Å². The van der Waals surface area contributed by atoms with E-state index in [1.54, 1.807) is 7.11 Å². The molecule has 0 saturated carbocycles. The number of aliphatic hydroxyl groups excluding tert-OH is 1. The largest absolute Gasteiger partial charge is 0.455 e. The summed E-state index contributed by atoms with van der Waals surface area (Å²) in [6.07, 6.45) is -0.228. The van der Waals surface area contributed by atoms with Crippen LogP contribution < -0.4 is 4.74 Å². The Morgan fingerprint density at radius 3 is 2.53 bits per heavy atom. The maximum absolute atomic E-state index is 10.5. The van der Waals surface area contributed by atoms with Gasteiger partial charge in [-0.15, -0.1) is 0 Å². The van der Waals surface area contributed by atoms with Crippen LogP contribution in [0.5, 0.6) is 5.75 Å². The number of hydrogen-bond donors (Lipinski definition) is 1. The van der Waals surface area contributed by atoms with Gasteiger partial charge in [0, 0.05) is 19.1 Å². The molecule has 0 aliphatic carbocycles. The van der Waals surface area contributed by atoms with Crippen LogP contribution in [0.15, 0.2) is 54.6 Å². The standard InChI is InChI=1S/C16H16O3/c1-18-16(13-8-3-2-4-9-13)15(17)11-12-7-5-6-10-14(12)19-16/h2-10,15,17H,11H2,1H3. The Balaban J connectivity index is 2.08. The predicted octanol–water partition coefficient (Wildman–Crippen LogP) is 2.48. The molecule has 2 aromatic carbocycles. The Kier molecular flexibility index (Phi) is 3.01. The van der Waals surface area contributed by atoms with Gasteiger partial charge >= 0.3 is 0 Å². The van der Waals surface area contributed by atoms with E-state index >= 15 is 0 Å². The summed E-state index contributed by atoms with van der Waals surface area (Å²) in [5.74, 6) is -0.367. The molecular weight excluding hydrogens is 240 g/mol. The van der Waals surface area contributed by atoms with Crippen molar-refractivity contribution in [1.29, 1.82) is 0 Å². The fourth-order valence-electron chi connectivity index (χ4n) is 2.56. The Bertz CT molecular complexity index is 567. The van der Waals surface area contributed by atoms with Crippen molar-refractivity contribution in [2.75, 3.05) is 7.11 Å². The van der Waals surface area contributed by atoms with E-state index < -0.39 is 11.9 Å². The van der Waals surface area contributed by atoms with Crippen LogP contribution in [0.25, 0.3) is 0 Å². The minimum Gasteiger partial charge on any atom is -0.455 e. The molecule has 98 valence electrons. The van der Waals surface area contributed by atoms with Crippen molar-refractivity contribution in [1.82, 2.24) is 0 Å². The summed E-state index contributed by atoms with van der Waals surface area (Å²) >= 11 is 0. The lowest BCUT2D eigenvalue weighted by molar-refractivity contribution is -0.240. The maximum Gasteiger partial charge on any atom is 0.263 e. The lowest BCUT2D eigenvalue weighted by atomic mass is 9.91. The third-order valence-corrected chi connectivity index (χ3v) is 3.57. The molecule has 0 saturated heterocycles. The van der Waals surface area contributed by atoms with Crippen LogP contribution in [0.3, 0.4) is 0 Å². The second-order valence-corrected chi connectivity index (χ2v) is 4.67. The summed E-state index contributed by atoms with van der Waals surface area (Å²) in [5, 5.41) is 10.5. The van der Waals surface area contributed by atoms with Gasteiger partial charge in [0.25, 0.3) is 5.79 Å². The number of fused-ring (bicyclic) bond motifs is 1. The smallest absolute Gasteiger partial charge is 0.263 e. The van der Waals surface area contributed by atoms with Crippen LogP contribution in [0.1, 0.15) is 11.1 Å². The van der Waals surface area contributed by atoms with E-state index in [0.29, 0.717) is 6.42 Å². The van der Waals surface area contributed by atoms with Crippen LogP contribution in [0, 0.1) is 0 Å². The summed E-state index contributed by atoms with van der Waals surface area (Å²) in [6.45, 7) is 0. The molecule has 3 rings (SSSR count). The first-order valence-corrected chi connectivity index (χ1v) is 6.32. The van der Waals surface area contributed by atoms with E-state index in [2.05, 4.69) is 0 Å². The van der Waals surface area contributed by atoms with Gasteiger partial charge in [0.2, 0.25) is 0 Å². The highest BCUT2D eigenvalue weighted by molar-refractivity contribution is 5.39. The van der Waals surface area contributed by atoms with Gasteiger partial charge in [-0.3, -0.25) is 0 Å². The fraction of sp³-hybridized carbons (Fsp3) is 0.250. The van der Waals surface area contributed by atoms with Gasteiger partial charge in [-0.1, -0.05) is 48.5 Å². The molecule has 2 atom stereocenters. The molecule has 0 spiro atoms. The minimum absolute atomic E-state index is 0.513. The van der Waals surface area contributed by atoms with Gasteiger partial charge in [-0.2, -0.15) is 0 Å². The molecule has 0 radical (unpaired) electrons. The van der Waals surface area contributed by atoms with Crippen LogP contribution in [-0.4, -0.2) is 18.3 Å². The van der Waals surface area contributed by atoms with E-state index in [1.165, 1.54) is 0 Å². The summed E-state index contributed by atoms with van der Waals surface area (Å²) in [4.78, 5) is 0.